The number of hydrogen-bond acceptors (Lipinski definition) is 4. The Hall–Kier alpha value is -2.31. The summed E-state index contributed by atoms with van der Waals surface area (Å²) in [6.45, 7) is 4.99. The second-order valence-electron chi connectivity index (χ2n) is 7.25. The van der Waals surface area contributed by atoms with Gasteiger partial charge in [-0.2, -0.15) is 0 Å². The molecule has 0 aliphatic carbocycles. The second kappa shape index (κ2) is 7.72. The Morgan fingerprint density at radius 3 is 2.56 bits per heavy atom. The fraction of sp³-hybridized carbons (Fsp3) is 0.556. The van der Waals surface area contributed by atoms with E-state index in [4.69, 9.17) is 9.47 Å². The molecule has 0 radical (unpaired) electrons. The standard InChI is InChI=1S/C18H25FN2O4/c1-17(2,3)25-16(23)21-10-9-18(12-19,13-21)20-15(22)24-11-14-7-5-4-6-8-14/h4-8H,9-13H2,1-3H3,(H,20,22). The number of nitrogens with one attached hydrogen (secondary N) is 1. The largest absolute Gasteiger partial charge is 0.445 e. The van der Waals surface area contributed by atoms with Crippen molar-refractivity contribution in [1.29, 1.82) is 0 Å². The number of alkyl carbamates (subject to hydrolysis) is 1. The molecule has 2 amide bonds. The van der Waals surface area contributed by atoms with Crippen molar-refractivity contribution in [2.45, 2.75) is 44.9 Å². The van der Waals surface area contributed by atoms with Crippen LogP contribution in [0.1, 0.15) is 32.8 Å². The van der Waals surface area contributed by atoms with E-state index in [9.17, 15) is 14.0 Å². The van der Waals surface area contributed by atoms with Gasteiger partial charge >= 0.3 is 12.2 Å². The van der Waals surface area contributed by atoms with Gasteiger partial charge in [-0.1, -0.05) is 30.3 Å². The van der Waals surface area contributed by atoms with E-state index in [1.165, 1.54) is 4.90 Å². The number of halogens is 1. The molecule has 1 N–H and O–H groups in total. The number of rotatable bonds is 4. The van der Waals surface area contributed by atoms with Gasteiger partial charge in [0.1, 0.15) is 18.9 Å². The number of hydrogen-bond donors (Lipinski definition) is 1. The van der Waals surface area contributed by atoms with E-state index in [-0.39, 0.29) is 13.2 Å². The van der Waals surface area contributed by atoms with Crippen molar-refractivity contribution in [3.8, 4) is 0 Å². The SMILES string of the molecule is CC(C)(C)OC(=O)N1CCC(CF)(NC(=O)OCc2ccccc2)C1. The van der Waals surface area contributed by atoms with Crippen LogP contribution < -0.4 is 5.32 Å². The topological polar surface area (TPSA) is 67.9 Å². The third-order valence-electron chi connectivity index (χ3n) is 3.84. The van der Waals surface area contributed by atoms with Gasteiger partial charge in [0.2, 0.25) is 0 Å². The molecule has 25 heavy (non-hydrogen) atoms. The van der Waals surface area contributed by atoms with Crippen molar-refractivity contribution in [3.05, 3.63) is 35.9 Å². The van der Waals surface area contributed by atoms with Crippen LogP contribution in [0.2, 0.25) is 0 Å². The van der Waals surface area contributed by atoms with Crippen molar-refractivity contribution in [1.82, 2.24) is 10.2 Å². The lowest BCUT2D eigenvalue weighted by Gasteiger charge is -2.28. The Labute approximate surface area is 147 Å². The maximum atomic E-state index is 13.6. The predicted octanol–water partition coefficient (Wildman–Crippen LogP) is 3.26. The number of carbonyl (C=O) groups is 2. The monoisotopic (exact) mass is 352 g/mol. The van der Waals surface area contributed by atoms with Gasteiger partial charge in [-0.05, 0) is 32.8 Å². The van der Waals surface area contributed by atoms with E-state index >= 15 is 0 Å². The average molecular weight is 352 g/mol. The Bertz CT molecular complexity index is 603. The van der Waals surface area contributed by atoms with Gasteiger partial charge in [0.15, 0.2) is 0 Å². The highest BCUT2D eigenvalue weighted by atomic mass is 19.1. The number of carbonyl (C=O) groups excluding carboxylic acids is 2. The number of amides is 2. The van der Waals surface area contributed by atoms with Crippen LogP contribution in [-0.2, 0) is 16.1 Å². The molecule has 1 aliphatic heterocycles. The number of nitrogens with zero attached hydrogens (tertiary/aromatic N) is 1. The number of benzene rings is 1. The molecular weight excluding hydrogens is 327 g/mol. The first kappa shape index (κ1) is 19.0. The van der Waals surface area contributed by atoms with E-state index in [0.29, 0.717) is 13.0 Å². The average Bonchev–Trinajstić information content (AvgIpc) is 2.97. The second-order valence-corrected chi connectivity index (χ2v) is 7.25. The fourth-order valence-corrected chi connectivity index (χ4v) is 2.57. The predicted molar refractivity (Wildman–Crippen MR) is 90.9 cm³/mol. The van der Waals surface area contributed by atoms with E-state index in [2.05, 4.69) is 5.32 Å². The maximum Gasteiger partial charge on any atom is 0.410 e. The summed E-state index contributed by atoms with van der Waals surface area (Å²) in [6, 6.07) is 9.21. The Morgan fingerprint density at radius 2 is 1.96 bits per heavy atom. The Balaban J connectivity index is 1.88. The molecule has 138 valence electrons. The molecule has 0 aromatic heterocycles. The molecule has 6 nitrogen and oxygen atoms in total. The fourth-order valence-electron chi connectivity index (χ4n) is 2.57. The molecule has 1 atom stereocenters. The van der Waals surface area contributed by atoms with Crippen LogP contribution >= 0.6 is 0 Å². The van der Waals surface area contributed by atoms with Crippen LogP contribution in [0.4, 0.5) is 14.0 Å². The van der Waals surface area contributed by atoms with Gasteiger partial charge in [-0.15, -0.1) is 0 Å². The zero-order valence-corrected chi connectivity index (χ0v) is 14.9. The summed E-state index contributed by atoms with van der Waals surface area (Å²) in [7, 11) is 0. The summed E-state index contributed by atoms with van der Waals surface area (Å²) in [4.78, 5) is 25.5. The van der Waals surface area contributed by atoms with Crippen LogP contribution in [0, 0.1) is 0 Å². The molecule has 1 aromatic carbocycles. The van der Waals surface area contributed by atoms with Gasteiger partial charge in [0.25, 0.3) is 0 Å². The summed E-state index contributed by atoms with van der Waals surface area (Å²) in [5.41, 5.74) is -0.918. The summed E-state index contributed by atoms with van der Waals surface area (Å²) in [6.07, 6.45) is -0.904. The molecule has 1 aliphatic rings. The van der Waals surface area contributed by atoms with Crippen molar-refractivity contribution in [3.63, 3.8) is 0 Å². The first-order valence-electron chi connectivity index (χ1n) is 8.26. The summed E-state index contributed by atoms with van der Waals surface area (Å²) < 4.78 is 24.0. The quantitative estimate of drug-likeness (QED) is 0.903. The first-order valence-corrected chi connectivity index (χ1v) is 8.26. The lowest BCUT2D eigenvalue weighted by Crippen LogP contribution is -2.53. The van der Waals surface area contributed by atoms with Crippen LogP contribution in [0.3, 0.4) is 0 Å². The summed E-state index contributed by atoms with van der Waals surface area (Å²) in [5, 5.41) is 2.57. The lowest BCUT2D eigenvalue weighted by atomic mass is 10.0. The molecule has 1 unspecified atom stereocenters. The summed E-state index contributed by atoms with van der Waals surface area (Å²) in [5.74, 6) is 0. The molecule has 0 saturated carbocycles. The van der Waals surface area contributed by atoms with Crippen LogP contribution in [-0.4, -0.2) is 48.0 Å². The lowest BCUT2D eigenvalue weighted by molar-refractivity contribution is 0.0274. The minimum absolute atomic E-state index is 0.0544. The maximum absolute atomic E-state index is 13.6. The molecule has 2 rings (SSSR count). The van der Waals surface area contributed by atoms with Crippen LogP contribution in [0.25, 0.3) is 0 Å². The molecule has 1 heterocycles. The molecule has 1 fully saturated rings. The molecule has 1 aromatic rings. The number of alkyl halides is 1. The van der Waals surface area contributed by atoms with Crippen LogP contribution in [0.5, 0.6) is 0 Å². The van der Waals surface area contributed by atoms with Gasteiger partial charge in [0.05, 0.1) is 5.54 Å². The molecule has 7 heteroatoms. The Kier molecular flexibility index (Phi) is 5.87. The number of ether oxygens (including phenoxy) is 2. The van der Waals surface area contributed by atoms with Crippen molar-refractivity contribution in [2.24, 2.45) is 0 Å². The third-order valence-corrected chi connectivity index (χ3v) is 3.84. The van der Waals surface area contributed by atoms with Gasteiger partial charge < -0.3 is 19.7 Å². The first-order chi connectivity index (χ1) is 11.7. The van der Waals surface area contributed by atoms with E-state index in [1.807, 2.05) is 30.3 Å². The van der Waals surface area contributed by atoms with Crippen molar-refractivity contribution < 1.29 is 23.5 Å². The van der Waals surface area contributed by atoms with Gasteiger partial charge in [-0.25, -0.2) is 14.0 Å². The van der Waals surface area contributed by atoms with Gasteiger partial charge in [-0.3, -0.25) is 0 Å². The molecular formula is C18H25FN2O4. The van der Waals surface area contributed by atoms with Crippen molar-refractivity contribution >= 4 is 12.2 Å². The molecule has 1 saturated heterocycles. The highest BCUT2D eigenvalue weighted by Gasteiger charge is 2.43. The van der Waals surface area contributed by atoms with E-state index in [1.54, 1.807) is 20.8 Å². The van der Waals surface area contributed by atoms with E-state index in [0.717, 1.165) is 5.56 Å². The minimum Gasteiger partial charge on any atom is -0.445 e. The highest BCUT2D eigenvalue weighted by Crippen LogP contribution is 2.24. The van der Waals surface area contributed by atoms with E-state index < -0.39 is 30.0 Å². The molecule has 0 spiro atoms. The zero-order valence-electron chi connectivity index (χ0n) is 14.9. The summed E-state index contributed by atoms with van der Waals surface area (Å²) >= 11 is 0. The minimum atomic E-state index is -1.13. The third kappa shape index (κ3) is 5.62. The molecule has 0 bridgehead atoms. The highest BCUT2D eigenvalue weighted by molar-refractivity contribution is 5.71. The smallest absolute Gasteiger partial charge is 0.410 e. The zero-order chi connectivity index (χ0) is 18.5. The van der Waals surface area contributed by atoms with Crippen LogP contribution in [0.15, 0.2) is 30.3 Å². The normalized spacial score (nSPS) is 20.2. The Morgan fingerprint density at radius 1 is 1.28 bits per heavy atom. The van der Waals surface area contributed by atoms with Crippen molar-refractivity contribution in [2.75, 3.05) is 19.8 Å². The van der Waals surface area contributed by atoms with Gasteiger partial charge in [0, 0.05) is 13.1 Å². The number of likely N-dealkylation sites (tertiary alicyclic amines) is 1.